The van der Waals surface area contributed by atoms with E-state index in [1.165, 1.54) is 0 Å². The van der Waals surface area contributed by atoms with Crippen molar-refractivity contribution in [2.45, 2.75) is 25.9 Å². The van der Waals surface area contributed by atoms with Crippen LogP contribution in [0.15, 0.2) is 21.9 Å². The first-order chi connectivity index (χ1) is 8.72. The first kappa shape index (κ1) is 11.9. The van der Waals surface area contributed by atoms with Gasteiger partial charge in [-0.15, -0.1) is 11.3 Å². The predicted molar refractivity (Wildman–Crippen MR) is 72.4 cm³/mol. The van der Waals surface area contributed by atoms with E-state index in [-0.39, 0.29) is 0 Å². The second-order valence-corrected chi connectivity index (χ2v) is 5.73. The fourth-order valence-corrected chi connectivity index (χ4v) is 2.95. The van der Waals surface area contributed by atoms with Gasteiger partial charge in [-0.25, -0.2) is 4.98 Å². The van der Waals surface area contributed by atoms with Crippen LogP contribution in [0.5, 0.6) is 0 Å². The zero-order valence-corrected chi connectivity index (χ0v) is 11.2. The summed E-state index contributed by atoms with van der Waals surface area (Å²) in [5, 5.41) is 2.04. The van der Waals surface area contributed by atoms with Crippen molar-refractivity contribution in [3.63, 3.8) is 0 Å². The van der Waals surface area contributed by atoms with Gasteiger partial charge in [0, 0.05) is 25.7 Å². The monoisotopic (exact) mass is 263 g/mol. The summed E-state index contributed by atoms with van der Waals surface area (Å²) in [5.74, 6) is 1.65. The molecule has 0 bridgehead atoms. The van der Waals surface area contributed by atoms with Crippen molar-refractivity contribution in [1.82, 2.24) is 9.88 Å². The average Bonchev–Trinajstić information content (AvgIpc) is 3.02. The van der Waals surface area contributed by atoms with Crippen molar-refractivity contribution in [1.29, 1.82) is 0 Å². The summed E-state index contributed by atoms with van der Waals surface area (Å²) in [7, 11) is 0. The van der Waals surface area contributed by atoms with Gasteiger partial charge in [-0.1, -0.05) is 6.07 Å². The molecule has 2 N–H and O–H groups in total. The number of likely N-dealkylation sites (tertiary alicyclic amines) is 1. The van der Waals surface area contributed by atoms with Crippen molar-refractivity contribution in [2.24, 2.45) is 5.73 Å². The molecular weight excluding hydrogens is 246 g/mol. The largest absolute Gasteiger partial charge is 0.440 e. The smallest absolute Gasteiger partial charge is 0.236 e. The van der Waals surface area contributed by atoms with Crippen molar-refractivity contribution in [3.05, 3.63) is 29.0 Å². The maximum atomic E-state index is 5.92. The van der Waals surface area contributed by atoms with Gasteiger partial charge in [0.15, 0.2) is 0 Å². The summed E-state index contributed by atoms with van der Waals surface area (Å²) in [4.78, 5) is 8.03. The maximum absolute atomic E-state index is 5.92. The maximum Gasteiger partial charge on any atom is 0.236 e. The second kappa shape index (κ2) is 4.84. The summed E-state index contributed by atoms with van der Waals surface area (Å²) < 4.78 is 5.74. The molecule has 96 valence electrons. The minimum absolute atomic E-state index is 0.314. The molecule has 3 rings (SSSR count). The standard InChI is InChI=1S/C13H17N3OS/c1-9-11(8-16-5-4-10(14)7-16)15-13(17-9)12-3-2-6-18-12/h2-3,6,10H,4-5,7-8,14H2,1H3/t10-/m1/s1. The van der Waals surface area contributed by atoms with Crippen molar-refractivity contribution in [3.8, 4) is 10.8 Å². The van der Waals surface area contributed by atoms with Crippen LogP contribution in [-0.2, 0) is 6.54 Å². The fraction of sp³-hybridized carbons (Fsp3) is 0.462. The van der Waals surface area contributed by atoms with Gasteiger partial charge in [0.2, 0.25) is 5.89 Å². The number of nitrogens with zero attached hydrogens (tertiary/aromatic N) is 2. The zero-order valence-electron chi connectivity index (χ0n) is 10.4. The van der Waals surface area contributed by atoms with Gasteiger partial charge in [-0.3, -0.25) is 4.90 Å². The Balaban J connectivity index is 1.77. The van der Waals surface area contributed by atoms with E-state index in [2.05, 4.69) is 9.88 Å². The van der Waals surface area contributed by atoms with Crippen LogP contribution in [0, 0.1) is 6.92 Å². The Labute approximate surface area is 110 Å². The topological polar surface area (TPSA) is 55.3 Å². The molecule has 0 saturated carbocycles. The Morgan fingerprint density at radius 3 is 3.17 bits per heavy atom. The minimum Gasteiger partial charge on any atom is -0.440 e. The third-order valence-corrected chi connectivity index (χ3v) is 4.16. The van der Waals surface area contributed by atoms with Gasteiger partial charge in [0.05, 0.1) is 10.6 Å². The Morgan fingerprint density at radius 2 is 2.50 bits per heavy atom. The second-order valence-electron chi connectivity index (χ2n) is 4.78. The van der Waals surface area contributed by atoms with Gasteiger partial charge in [0.25, 0.3) is 0 Å². The van der Waals surface area contributed by atoms with E-state index >= 15 is 0 Å². The third-order valence-electron chi connectivity index (χ3n) is 3.31. The fourth-order valence-electron chi connectivity index (χ4n) is 2.30. The van der Waals surface area contributed by atoms with E-state index in [1.54, 1.807) is 11.3 Å². The molecule has 18 heavy (non-hydrogen) atoms. The van der Waals surface area contributed by atoms with Crippen LogP contribution in [0.3, 0.4) is 0 Å². The Morgan fingerprint density at radius 1 is 1.61 bits per heavy atom. The number of rotatable bonds is 3. The summed E-state index contributed by atoms with van der Waals surface area (Å²) in [6.07, 6.45) is 1.08. The molecule has 1 atom stereocenters. The third kappa shape index (κ3) is 2.34. The lowest BCUT2D eigenvalue weighted by atomic mass is 10.3. The highest BCUT2D eigenvalue weighted by Crippen LogP contribution is 2.26. The molecular formula is C13H17N3OS. The van der Waals surface area contributed by atoms with Crippen LogP contribution >= 0.6 is 11.3 Å². The number of hydrogen-bond acceptors (Lipinski definition) is 5. The van der Waals surface area contributed by atoms with Crippen molar-refractivity contribution >= 4 is 11.3 Å². The first-order valence-corrected chi connectivity index (χ1v) is 7.08. The predicted octanol–water partition coefficient (Wildman–Crippen LogP) is 2.24. The van der Waals surface area contributed by atoms with Crippen molar-refractivity contribution in [2.75, 3.05) is 13.1 Å². The van der Waals surface area contributed by atoms with E-state index in [9.17, 15) is 0 Å². The lowest BCUT2D eigenvalue weighted by Crippen LogP contribution is -2.26. The molecule has 1 saturated heterocycles. The highest BCUT2D eigenvalue weighted by Gasteiger charge is 2.21. The van der Waals surface area contributed by atoms with Gasteiger partial charge in [-0.2, -0.15) is 0 Å². The first-order valence-electron chi connectivity index (χ1n) is 6.20. The molecule has 0 aromatic carbocycles. The van der Waals surface area contributed by atoms with E-state index in [0.717, 1.165) is 48.3 Å². The summed E-state index contributed by atoms with van der Waals surface area (Å²) in [5.41, 5.74) is 6.95. The van der Waals surface area contributed by atoms with Crippen LogP contribution < -0.4 is 5.73 Å². The van der Waals surface area contributed by atoms with Gasteiger partial charge < -0.3 is 10.2 Å². The molecule has 1 aliphatic rings. The molecule has 0 radical (unpaired) electrons. The lowest BCUT2D eigenvalue weighted by molar-refractivity contribution is 0.321. The molecule has 0 aliphatic carbocycles. The number of hydrogen-bond donors (Lipinski definition) is 1. The lowest BCUT2D eigenvalue weighted by Gasteiger charge is -2.12. The van der Waals surface area contributed by atoms with Gasteiger partial charge in [-0.05, 0) is 24.8 Å². The Kier molecular flexibility index (Phi) is 3.20. The van der Waals surface area contributed by atoms with Crippen LogP contribution in [-0.4, -0.2) is 29.0 Å². The molecule has 3 heterocycles. The quantitative estimate of drug-likeness (QED) is 0.922. The van der Waals surface area contributed by atoms with Crippen LogP contribution in [0.25, 0.3) is 10.8 Å². The number of nitrogens with two attached hydrogens (primary N) is 1. The molecule has 0 amide bonds. The summed E-state index contributed by atoms with van der Waals surface area (Å²) in [6.45, 7) is 4.84. The SMILES string of the molecule is Cc1oc(-c2cccs2)nc1CN1CC[C@@H](N)C1. The van der Waals surface area contributed by atoms with E-state index in [4.69, 9.17) is 10.2 Å². The van der Waals surface area contributed by atoms with Crippen LogP contribution in [0.4, 0.5) is 0 Å². The Bertz CT molecular complexity index is 520. The molecule has 1 aliphatic heterocycles. The van der Waals surface area contributed by atoms with E-state index < -0.39 is 0 Å². The number of thiophene rings is 1. The summed E-state index contributed by atoms with van der Waals surface area (Å²) in [6, 6.07) is 4.36. The minimum atomic E-state index is 0.314. The highest BCUT2D eigenvalue weighted by molar-refractivity contribution is 7.13. The molecule has 0 unspecified atom stereocenters. The van der Waals surface area contributed by atoms with Gasteiger partial charge in [0.1, 0.15) is 5.76 Å². The van der Waals surface area contributed by atoms with Crippen LogP contribution in [0.1, 0.15) is 17.9 Å². The molecule has 1 fully saturated rings. The van der Waals surface area contributed by atoms with Gasteiger partial charge >= 0.3 is 0 Å². The number of oxazole rings is 1. The summed E-state index contributed by atoms with van der Waals surface area (Å²) >= 11 is 1.65. The zero-order chi connectivity index (χ0) is 12.5. The van der Waals surface area contributed by atoms with E-state index in [0.29, 0.717) is 6.04 Å². The van der Waals surface area contributed by atoms with E-state index in [1.807, 2.05) is 24.4 Å². The average molecular weight is 263 g/mol. The Hall–Kier alpha value is -1.17. The number of aromatic nitrogens is 1. The normalized spacial score (nSPS) is 20.7. The molecule has 2 aromatic heterocycles. The molecule has 0 spiro atoms. The van der Waals surface area contributed by atoms with Crippen molar-refractivity contribution < 1.29 is 4.42 Å². The molecule has 5 heteroatoms. The molecule has 2 aromatic rings. The number of aryl methyl sites for hydroxylation is 1. The van der Waals surface area contributed by atoms with Crippen LogP contribution in [0.2, 0.25) is 0 Å². The molecule has 4 nitrogen and oxygen atoms in total. The highest BCUT2D eigenvalue weighted by atomic mass is 32.1.